The van der Waals surface area contributed by atoms with Crippen molar-refractivity contribution in [2.24, 2.45) is 0 Å². The molecule has 4 nitrogen and oxygen atoms in total. The number of nitriles is 2. The molecule has 12 rings (SSSR count). The van der Waals surface area contributed by atoms with Crippen molar-refractivity contribution < 1.29 is 0 Å². The molecule has 10 aromatic carbocycles. The van der Waals surface area contributed by atoms with Crippen LogP contribution >= 0.6 is 0 Å². The third-order valence-corrected chi connectivity index (χ3v) is 13.0. The number of fused-ring (bicyclic) bond motifs is 6. The van der Waals surface area contributed by atoms with E-state index in [4.69, 9.17) is 0 Å². The van der Waals surface area contributed by atoms with Gasteiger partial charge in [-0.05, 0) is 93.0 Å². The molecule has 0 spiro atoms. The van der Waals surface area contributed by atoms with E-state index in [1.807, 2.05) is 48.5 Å². The van der Waals surface area contributed by atoms with E-state index in [2.05, 4.69) is 203 Å². The van der Waals surface area contributed by atoms with Crippen LogP contribution in [0, 0.1) is 22.7 Å². The lowest BCUT2D eigenvalue weighted by molar-refractivity contribution is 1.17. The smallest absolute Gasteiger partial charge is 0.0998 e. The van der Waals surface area contributed by atoms with Crippen LogP contribution in [0.4, 0.5) is 0 Å². The summed E-state index contributed by atoms with van der Waals surface area (Å²) in [5.74, 6) is 0. The highest BCUT2D eigenvalue weighted by molar-refractivity contribution is 6.12. The van der Waals surface area contributed by atoms with Gasteiger partial charge in [0.25, 0.3) is 0 Å². The van der Waals surface area contributed by atoms with Crippen molar-refractivity contribution in [1.82, 2.24) is 9.13 Å². The van der Waals surface area contributed by atoms with E-state index < -0.39 is 0 Å². The van der Waals surface area contributed by atoms with Crippen molar-refractivity contribution >= 4 is 43.6 Å². The summed E-state index contributed by atoms with van der Waals surface area (Å²) in [6.45, 7) is 0. The van der Waals surface area contributed by atoms with Gasteiger partial charge in [-0.1, -0.05) is 182 Å². The van der Waals surface area contributed by atoms with Crippen LogP contribution in [-0.2, 0) is 0 Å². The van der Waals surface area contributed by atoms with Crippen molar-refractivity contribution in [3.05, 3.63) is 242 Å². The Morgan fingerprint density at radius 1 is 0.258 bits per heavy atom. The number of hydrogen-bond acceptors (Lipinski definition) is 2. The van der Waals surface area contributed by atoms with E-state index in [1.165, 1.54) is 0 Å². The van der Waals surface area contributed by atoms with Crippen LogP contribution in [0.1, 0.15) is 11.1 Å². The number of benzene rings is 10. The zero-order chi connectivity index (χ0) is 44.1. The first-order valence-corrected chi connectivity index (χ1v) is 22.1. The van der Waals surface area contributed by atoms with E-state index in [9.17, 15) is 10.5 Å². The third kappa shape index (κ3) is 6.45. The van der Waals surface area contributed by atoms with Gasteiger partial charge in [0, 0.05) is 44.0 Å². The van der Waals surface area contributed by atoms with Gasteiger partial charge in [-0.15, -0.1) is 0 Å². The summed E-state index contributed by atoms with van der Waals surface area (Å²) in [5, 5.41) is 26.3. The molecule has 0 atom stereocenters. The van der Waals surface area contributed by atoms with Crippen LogP contribution in [0.15, 0.2) is 231 Å². The molecule has 0 aliphatic rings. The van der Waals surface area contributed by atoms with Gasteiger partial charge in [0.15, 0.2) is 0 Å². The number of rotatable bonds is 7. The summed E-state index contributed by atoms with van der Waals surface area (Å²) < 4.78 is 4.55. The first-order valence-electron chi connectivity index (χ1n) is 22.1. The molecule has 0 saturated heterocycles. The molecule has 2 aromatic heterocycles. The molecule has 2 heterocycles. The monoisotopic (exact) mass is 838 g/mol. The fourth-order valence-corrected chi connectivity index (χ4v) is 9.83. The minimum Gasteiger partial charge on any atom is -0.309 e. The highest BCUT2D eigenvalue weighted by Gasteiger charge is 2.20. The van der Waals surface area contributed by atoms with E-state index >= 15 is 0 Å². The van der Waals surface area contributed by atoms with Crippen molar-refractivity contribution in [2.75, 3.05) is 0 Å². The molecule has 0 N–H and O–H groups in total. The molecule has 0 unspecified atom stereocenters. The predicted molar refractivity (Wildman–Crippen MR) is 272 cm³/mol. The van der Waals surface area contributed by atoms with E-state index in [-0.39, 0.29) is 0 Å². The van der Waals surface area contributed by atoms with Gasteiger partial charge in [-0.3, -0.25) is 0 Å². The van der Waals surface area contributed by atoms with Crippen molar-refractivity contribution in [2.45, 2.75) is 0 Å². The van der Waals surface area contributed by atoms with Crippen LogP contribution in [0.3, 0.4) is 0 Å². The number of nitrogens with zero attached hydrogens (tertiary/aromatic N) is 4. The SMILES string of the molecule is N#Cc1cc(-n2c3cc(-c4ccccc4)ccc3c3ccc(-c4ccccc4)cc32)ccc1-c1ccc(-n2c3cc(-c4ccccc4)ccc3c3ccc(-c4ccccc4)cc32)cc1C#N. The van der Waals surface area contributed by atoms with Gasteiger partial charge in [0.2, 0.25) is 0 Å². The molecule has 12 aromatic rings. The molecule has 0 saturated carbocycles. The minimum absolute atomic E-state index is 0.488. The lowest BCUT2D eigenvalue weighted by Gasteiger charge is -2.15. The molecule has 0 bridgehead atoms. The second-order valence-electron chi connectivity index (χ2n) is 16.7. The molecule has 0 amide bonds. The average molecular weight is 839 g/mol. The summed E-state index contributed by atoms with van der Waals surface area (Å²) in [6, 6.07) is 85.4. The molecule has 0 aliphatic carbocycles. The maximum Gasteiger partial charge on any atom is 0.0998 e. The predicted octanol–water partition coefficient (Wildman–Crippen LogP) is 16.0. The van der Waals surface area contributed by atoms with Gasteiger partial charge in [0.05, 0.1) is 45.3 Å². The van der Waals surface area contributed by atoms with Crippen LogP contribution in [0.2, 0.25) is 0 Å². The zero-order valence-corrected chi connectivity index (χ0v) is 35.7. The number of aromatic nitrogens is 2. The Labute approximate surface area is 382 Å². The Balaban J connectivity index is 1.02. The summed E-state index contributed by atoms with van der Waals surface area (Å²) >= 11 is 0. The molecular weight excluding hydrogens is 801 g/mol. The fourth-order valence-electron chi connectivity index (χ4n) is 9.83. The summed E-state index contributed by atoms with van der Waals surface area (Å²) in [6.07, 6.45) is 0. The van der Waals surface area contributed by atoms with Gasteiger partial charge in [-0.25, -0.2) is 0 Å². The topological polar surface area (TPSA) is 57.4 Å². The summed E-state index contributed by atoms with van der Waals surface area (Å²) in [5.41, 5.74) is 17.3. The Bertz CT molecular complexity index is 3470. The third-order valence-electron chi connectivity index (χ3n) is 13.0. The van der Waals surface area contributed by atoms with Gasteiger partial charge in [0.1, 0.15) is 0 Å². The van der Waals surface area contributed by atoms with Crippen molar-refractivity contribution in [3.8, 4) is 79.1 Å². The maximum absolute atomic E-state index is 10.9. The molecular formula is C62H38N4. The van der Waals surface area contributed by atoms with Crippen LogP contribution in [0.5, 0.6) is 0 Å². The lowest BCUT2D eigenvalue weighted by Crippen LogP contribution is -1.99. The Kier molecular flexibility index (Phi) is 9.23. The summed E-state index contributed by atoms with van der Waals surface area (Å²) in [7, 11) is 0. The van der Waals surface area contributed by atoms with Gasteiger partial charge < -0.3 is 9.13 Å². The van der Waals surface area contributed by atoms with Crippen molar-refractivity contribution in [3.63, 3.8) is 0 Å². The van der Waals surface area contributed by atoms with E-state index in [0.29, 0.717) is 22.3 Å². The summed E-state index contributed by atoms with van der Waals surface area (Å²) in [4.78, 5) is 0. The lowest BCUT2D eigenvalue weighted by atomic mass is 9.95. The average Bonchev–Trinajstić information content (AvgIpc) is 3.90. The molecule has 0 radical (unpaired) electrons. The second-order valence-corrected chi connectivity index (χ2v) is 16.7. The normalized spacial score (nSPS) is 11.3. The first kappa shape index (κ1) is 38.5. The van der Waals surface area contributed by atoms with E-state index in [0.717, 1.165) is 99.5 Å². The molecule has 66 heavy (non-hydrogen) atoms. The first-order chi connectivity index (χ1) is 32.6. The molecule has 306 valence electrons. The van der Waals surface area contributed by atoms with Crippen molar-refractivity contribution in [1.29, 1.82) is 10.5 Å². The van der Waals surface area contributed by atoms with Crippen LogP contribution in [-0.4, -0.2) is 9.13 Å². The highest BCUT2D eigenvalue weighted by Crippen LogP contribution is 2.41. The van der Waals surface area contributed by atoms with E-state index in [1.54, 1.807) is 0 Å². The Hall–Kier alpha value is -9.22. The second kappa shape index (κ2) is 15.8. The van der Waals surface area contributed by atoms with Gasteiger partial charge in [-0.2, -0.15) is 10.5 Å². The van der Waals surface area contributed by atoms with Crippen LogP contribution in [0.25, 0.3) is 111 Å². The zero-order valence-electron chi connectivity index (χ0n) is 35.7. The standard InChI is InChI=1S/C62H38N4/c63-39-49-33-51(65-59-35-45(41-13-5-1-6-14-41)21-27-55(59)56-28-22-46(36-60(56)65)42-15-7-2-8-16-42)25-31-53(49)54-32-26-52(34-50(54)40-64)66-61-37-47(43-17-9-3-10-18-43)23-29-57(61)58-30-24-48(38-62(58)66)44-19-11-4-12-20-44/h1-38H. The Morgan fingerprint density at radius 2 is 0.530 bits per heavy atom. The van der Waals surface area contributed by atoms with Gasteiger partial charge >= 0.3 is 0 Å². The number of hydrogen-bond donors (Lipinski definition) is 0. The largest absolute Gasteiger partial charge is 0.309 e. The molecule has 0 aliphatic heterocycles. The fraction of sp³-hybridized carbons (Fsp3) is 0. The minimum atomic E-state index is 0.488. The molecule has 0 fully saturated rings. The maximum atomic E-state index is 10.9. The quantitative estimate of drug-likeness (QED) is 0.161. The molecule has 4 heteroatoms. The van der Waals surface area contributed by atoms with Crippen LogP contribution < -0.4 is 0 Å². The Morgan fingerprint density at radius 3 is 0.788 bits per heavy atom. The highest BCUT2D eigenvalue weighted by atomic mass is 15.0.